The number of anilines is 1. The number of aryl methyl sites for hydroxylation is 2. The maximum absolute atomic E-state index is 13.1. The van der Waals surface area contributed by atoms with Crippen LogP contribution in [0.4, 0.5) is 5.69 Å². The van der Waals surface area contributed by atoms with E-state index >= 15 is 0 Å². The number of hydrogen-bond acceptors (Lipinski definition) is 5. The SMILES string of the molecule is Cc1ccc(C)c(NC(=O)C(OC(=O)c2cnc3ccccc3n2)c2ccccc2)c1. The van der Waals surface area contributed by atoms with E-state index in [-0.39, 0.29) is 5.69 Å². The zero-order chi connectivity index (χ0) is 21.8. The smallest absolute Gasteiger partial charge is 0.359 e. The summed E-state index contributed by atoms with van der Waals surface area (Å²) in [5, 5.41) is 2.88. The molecule has 0 aliphatic rings. The van der Waals surface area contributed by atoms with Crippen LogP contribution >= 0.6 is 0 Å². The monoisotopic (exact) mass is 411 g/mol. The Labute approximate surface area is 179 Å². The number of nitrogens with one attached hydrogen (secondary N) is 1. The molecule has 31 heavy (non-hydrogen) atoms. The zero-order valence-corrected chi connectivity index (χ0v) is 17.2. The molecular formula is C25H21N3O3. The van der Waals surface area contributed by atoms with Gasteiger partial charge in [0.15, 0.2) is 5.69 Å². The van der Waals surface area contributed by atoms with E-state index in [9.17, 15) is 9.59 Å². The molecule has 1 N–H and O–H groups in total. The highest BCUT2D eigenvalue weighted by molar-refractivity contribution is 5.98. The fraction of sp³-hybridized carbons (Fsp3) is 0.120. The van der Waals surface area contributed by atoms with Crippen molar-refractivity contribution in [2.75, 3.05) is 5.32 Å². The Morgan fingerprint density at radius 3 is 2.39 bits per heavy atom. The third-order valence-corrected chi connectivity index (χ3v) is 4.87. The normalized spacial score (nSPS) is 11.7. The molecular weight excluding hydrogens is 390 g/mol. The van der Waals surface area contributed by atoms with Crippen molar-refractivity contribution >= 4 is 28.6 Å². The molecule has 1 atom stereocenters. The van der Waals surface area contributed by atoms with Crippen molar-refractivity contribution in [1.29, 1.82) is 0 Å². The predicted molar refractivity (Wildman–Crippen MR) is 119 cm³/mol. The zero-order valence-electron chi connectivity index (χ0n) is 17.2. The molecule has 0 radical (unpaired) electrons. The lowest BCUT2D eigenvalue weighted by molar-refractivity contribution is -0.125. The number of ether oxygens (including phenoxy) is 1. The third kappa shape index (κ3) is 4.59. The van der Waals surface area contributed by atoms with Gasteiger partial charge in [-0.1, -0.05) is 54.6 Å². The Kier molecular flexibility index (Phi) is 5.71. The van der Waals surface area contributed by atoms with Gasteiger partial charge in [-0.15, -0.1) is 0 Å². The fourth-order valence-corrected chi connectivity index (χ4v) is 3.19. The lowest BCUT2D eigenvalue weighted by atomic mass is 10.1. The number of benzene rings is 3. The number of esters is 1. The second-order valence-electron chi connectivity index (χ2n) is 7.25. The summed E-state index contributed by atoms with van der Waals surface area (Å²) in [4.78, 5) is 34.6. The van der Waals surface area contributed by atoms with E-state index in [1.165, 1.54) is 6.20 Å². The number of rotatable bonds is 5. The number of hydrogen-bond donors (Lipinski definition) is 1. The van der Waals surface area contributed by atoms with Crippen LogP contribution in [0.15, 0.2) is 79.0 Å². The van der Waals surface area contributed by atoms with Crippen molar-refractivity contribution in [3.05, 3.63) is 101 Å². The van der Waals surface area contributed by atoms with Crippen LogP contribution in [-0.2, 0) is 9.53 Å². The summed E-state index contributed by atoms with van der Waals surface area (Å²) in [6.45, 7) is 3.85. The van der Waals surface area contributed by atoms with Crippen molar-refractivity contribution in [3.8, 4) is 0 Å². The quantitative estimate of drug-likeness (QED) is 0.478. The maximum atomic E-state index is 13.1. The molecule has 1 aromatic heterocycles. The van der Waals surface area contributed by atoms with E-state index in [0.29, 0.717) is 22.3 Å². The molecule has 154 valence electrons. The van der Waals surface area contributed by atoms with E-state index in [1.54, 1.807) is 30.3 Å². The molecule has 1 amide bonds. The molecule has 3 aromatic carbocycles. The highest BCUT2D eigenvalue weighted by atomic mass is 16.5. The van der Waals surface area contributed by atoms with Crippen molar-refractivity contribution in [1.82, 2.24) is 9.97 Å². The summed E-state index contributed by atoms with van der Waals surface area (Å²) in [7, 11) is 0. The second kappa shape index (κ2) is 8.75. The topological polar surface area (TPSA) is 81.2 Å². The van der Waals surface area contributed by atoms with Gasteiger partial charge in [0.25, 0.3) is 5.91 Å². The number of carbonyl (C=O) groups is 2. The largest absolute Gasteiger partial charge is 0.443 e. The van der Waals surface area contributed by atoms with Crippen LogP contribution in [0.2, 0.25) is 0 Å². The molecule has 0 spiro atoms. The summed E-state index contributed by atoms with van der Waals surface area (Å²) in [5.74, 6) is -1.16. The van der Waals surface area contributed by atoms with Crippen molar-refractivity contribution < 1.29 is 14.3 Å². The highest BCUT2D eigenvalue weighted by Gasteiger charge is 2.27. The summed E-state index contributed by atoms with van der Waals surface area (Å²) < 4.78 is 5.62. The predicted octanol–water partition coefficient (Wildman–Crippen LogP) is 4.78. The van der Waals surface area contributed by atoms with Gasteiger partial charge in [-0.2, -0.15) is 0 Å². The van der Waals surface area contributed by atoms with Crippen LogP contribution in [0.1, 0.15) is 33.3 Å². The molecule has 0 saturated heterocycles. The molecule has 0 bridgehead atoms. The number of aromatic nitrogens is 2. The van der Waals surface area contributed by atoms with Gasteiger partial charge in [-0.05, 0) is 43.2 Å². The van der Waals surface area contributed by atoms with Gasteiger partial charge >= 0.3 is 5.97 Å². The molecule has 0 aliphatic carbocycles. The lowest BCUT2D eigenvalue weighted by Gasteiger charge is -2.19. The van der Waals surface area contributed by atoms with Crippen LogP contribution in [0.5, 0.6) is 0 Å². The Morgan fingerprint density at radius 2 is 1.61 bits per heavy atom. The third-order valence-electron chi connectivity index (χ3n) is 4.87. The summed E-state index contributed by atoms with van der Waals surface area (Å²) in [5.41, 5.74) is 4.46. The van der Waals surface area contributed by atoms with E-state index in [4.69, 9.17) is 4.74 Å². The van der Waals surface area contributed by atoms with E-state index in [2.05, 4.69) is 15.3 Å². The Bertz CT molecular complexity index is 1260. The Balaban J connectivity index is 1.62. The standard InChI is InChI=1S/C25H21N3O3/c1-16-12-13-17(2)21(14-16)28-24(29)23(18-8-4-3-5-9-18)31-25(30)22-15-26-19-10-6-7-11-20(19)27-22/h3-15,23H,1-2H3,(H,28,29). The van der Waals surface area contributed by atoms with Crippen LogP contribution < -0.4 is 5.32 Å². The second-order valence-corrected chi connectivity index (χ2v) is 7.25. The first-order chi connectivity index (χ1) is 15.0. The molecule has 6 heteroatoms. The minimum Gasteiger partial charge on any atom is -0.443 e. The minimum atomic E-state index is -1.14. The van der Waals surface area contributed by atoms with E-state index in [0.717, 1.165) is 11.1 Å². The van der Waals surface area contributed by atoms with Gasteiger partial charge in [0.1, 0.15) is 0 Å². The summed E-state index contributed by atoms with van der Waals surface area (Å²) >= 11 is 0. The van der Waals surface area contributed by atoms with Crippen LogP contribution in [0.25, 0.3) is 11.0 Å². The van der Waals surface area contributed by atoms with Gasteiger partial charge in [0.05, 0.1) is 17.2 Å². The molecule has 6 nitrogen and oxygen atoms in total. The van der Waals surface area contributed by atoms with Gasteiger partial charge in [0, 0.05) is 11.3 Å². The number of amides is 1. The van der Waals surface area contributed by atoms with Gasteiger partial charge in [-0.3, -0.25) is 9.78 Å². The first-order valence-electron chi connectivity index (χ1n) is 9.87. The molecule has 4 rings (SSSR count). The number of carbonyl (C=O) groups excluding carboxylic acids is 2. The van der Waals surface area contributed by atoms with Crippen LogP contribution in [-0.4, -0.2) is 21.8 Å². The van der Waals surface area contributed by atoms with E-state index in [1.807, 2.05) is 56.3 Å². The van der Waals surface area contributed by atoms with Crippen molar-refractivity contribution in [2.24, 2.45) is 0 Å². The van der Waals surface area contributed by atoms with E-state index < -0.39 is 18.0 Å². The minimum absolute atomic E-state index is 0.0409. The maximum Gasteiger partial charge on any atom is 0.359 e. The lowest BCUT2D eigenvalue weighted by Crippen LogP contribution is -2.26. The van der Waals surface area contributed by atoms with Gasteiger partial charge in [0.2, 0.25) is 6.10 Å². The summed E-state index contributed by atoms with van der Waals surface area (Å²) in [6, 6.07) is 21.9. The molecule has 0 fully saturated rings. The van der Waals surface area contributed by atoms with Crippen LogP contribution in [0, 0.1) is 13.8 Å². The Morgan fingerprint density at radius 1 is 0.903 bits per heavy atom. The average Bonchev–Trinajstić information content (AvgIpc) is 2.80. The van der Waals surface area contributed by atoms with Crippen molar-refractivity contribution in [3.63, 3.8) is 0 Å². The van der Waals surface area contributed by atoms with Gasteiger partial charge < -0.3 is 10.1 Å². The fourth-order valence-electron chi connectivity index (χ4n) is 3.19. The first-order valence-corrected chi connectivity index (χ1v) is 9.87. The first kappa shape index (κ1) is 20.2. The van der Waals surface area contributed by atoms with Crippen molar-refractivity contribution in [2.45, 2.75) is 20.0 Å². The average molecular weight is 411 g/mol. The molecule has 1 heterocycles. The molecule has 0 saturated carbocycles. The molecule has 4 aromatic rings. The number of nitrogens with zero attached hydrogens (tertiary/aromatic N) is 2. The van der Waals surface area contributed by atoms with Crippen LogP contribution in [0.3, 0.4) is 0 Å². The number of para-hydroxylation sites is 2. The highest BCUT2D eigenvalue weighted by Crippen LogP contribution is 2.24. The Hall–Kier alpha value is -4.06. The van der Waals surface area contributed by atoms with Gasteiger partial charge in [-0.25, -0.2) is 9.78 Å². The number of fused-ring (bicyclic) bond motifs is 1. The summed E-state index contributed by atoms with van der Waals surface area (Å²) in [6.07, 6.45) is 0.219. The molecule has 1 unspecified atom stereocenters. The molecule has 0 aliphatic heterocycles.